The molecular formula is C10H13N4O2S-. The fourth-order valence-electron chi connectivity index (χ4n) is 1.58. The molecule has 17 heavy (non-hydrogen) atoms. The Hall–Kier alpha value is -1.34. The first kappa shape index (κ1) is 12.1. The van der Waals surface area contributed by atoms with Crippen molar-refractivity contribution < 1.29 is 8.76 Å². The van der Waals surface area contributed by atoms with Gasteiger partial charge in [0, 0.05) is 0 Å². The molecule has 2 aromatic heterocycles. The first-order chi connectivity index (χ1) is 8.09. The summed E-state index contributed by atoms with van der Waals surface area (Å²) < 4.78 is 22.8. The number of aromatic nitrogens is 4. The standard InChI is InChI=1S/C10H14N4O2S/c1-7(2)3-4-8-9-10(12-5-11-8)14(6-13-9)17(15)16/h5-7H,3-4H2,1-2H3,(H,15,16)/p-1. The largest absolute Gasteiger partial charge is 0.755 e. The van der Waals surface area contributed by atoms with Crippen molar-refractivity contribution in [3.8, 4) is 0 Å². The molecule has 0 saturated carbocycles. The van der Waals surface area contributed by atoms with E-state index in [4.69, 9.17) is 0 Å². The van der Waals surface area contributed by atoms with Gasteiger partial charge >= 0.3 is 0 Å². The highest BCUT2D eigenvalue weighted by Gasteiger charge is 2.10. The average molecular weight is 253 g/mol. The summed E-state index contributed by atoms with van der Waals surface area (Å²) in [6, 6.07) is 0. The summed E-state index contributed by atoms with van der Waals surface area (Å²) in [6.45, 7) is 4.26. The summed E-state index contributed by atoms with van der Waals surface area (Å²) in [5, 5.41) is 0. The van der Waals surface area contributed by atoms with Crippen LogP contribution < -0.4 is 0 Å². The lowest BCUT2D eigenvalue weighted by molar-refractivity contribution is 0.529. The van der Waals surface area contributed by atoms with Crippen LogP contribution in [-0.2, 0) is 17.7 Å². The van der Waals surface area contributed by atoms with Crippen molar-refractivity contribution in [2.75, 3.05) is 0 Å². The SMILES string of the molecule is CC(C)CCc1ncnc2c1ncn2S(=O)[O-]. The number of hydrogen-bond donors (Lipinski definition) is 0. The minimum atomic E-state index is -2.38. The van der Waals surface area contributed by atoms with Crippen LogP contribution in [0, 0.1) is 5.92 Å². The number of imidazole rings is 1. The monoisotopic (exact) mass is 253 g/mol. The van der Waals surface area contributed by atoms with Gasteiger partial charge in [0.1, 0.15) is 18.2 Å². The van der Waals surface area contributed by atoms with E-state index in [9.17, 15) is 8.76 Å². The molecule has 0 aliphatic heterocycles. The van der Waals surface area contributed by atoms with E-state index in [1.807, 2.05) is 0 Å². The topological polar surface area (TPSA) is 83.7 Å². The molecule has 0 saturated heterocycles. The van der Waals surface area contributed by atoms with E-state index in [1.54, 1.807) is 0 Å². The van der Waals surface area contributed by atoms with E-state index in [0.29, 0.717) is 17.1 Å². The highest BCUT2D eigenvalue weighted by atomic mass is 32.2. The minimum absolute atomic E-state index is 0.340. The average Bonchev–Trinajstić information content (AvgIpc) is 2.70. The smallest absolute Gasteiger partial charge is 0.174 e. The Labute approximate surface area is 102 Å². The number of hydrogen-bond acceptors (Lipinski definition) is 5. The second-order valence-corrected chi connectivity index (χ2v) is 5.04. The van der Waals surface area contributed by atoms with Gasteiger partial charge in [-0.15, -0.1) is 0 Å². The van der Waals surface area contributed by atoms with Crippen LogP contribution in [0.1, 0.15) is 26.0 Å². The van der Waals surface area contributed by atoms with Gasteiger partial charge in [-0.3, -0.25) is 4.21 Å². The van der Waals surface area contributed by atoms with E-state index in [2.05, 4.69) is 28.8 Å². The zero-order chi connectivity index (χ0) is 12.4. The normalized spacial score (nSPS) is 13.4. The third-order valence-electron chi connectivity index (χ3n) is 2.50. The van der Waals surface area contributed by atoms with Crippen molar-refractivity contribution in [3.63, 3.8) is 0 Å². The summed E-state index contributed by atoms with van der Waals surface area (Å²) >= 11 is -2.38. The molecule has 0 spiro atoms. The molecule has 6 nitrogen and oxygen atoms in total. The Bertz CT molecular complexity index is 552. The summed E-state index contributed by atoms with van der Waals surface area (Å²) in [7, 11) is 0. The molecule has 2 aromatic rings. The fourth-order valence-corrected chi connectivity index (χ4v) is 1.98. The third-order valence-corrected chi connectivity index (χ3v) is 3.09. The Morgan fingerprint density at radius 2 is 2.18 bits per heavy atom. The van der Waals surface area contributed by atoms with Crippen molar-refractivity contribution in [1.29, 1.82) is 0 Å². The maximum atomic E-state index is 10.9. The van der Waals surface area contributed by atoms with E-state index in [0.717, 1.165) is 22.5 Å². The van der Waals surface area contributed by atoms with Gasteiger partial charge in [-0.1, -0.05) is 13.8 Å². The molecule has 0 fully saturated rings. The maximum Gasteiger partial charge on any atom is 0.174 e. The summed E-state index contributed by atoms with van der Waals surface area (Å²) in [6.07, 6.45) is 4.39. The van der Waals surface area contributed by atoms with Crippen LogP contribution >= 0.6 is 0 Å². The van der Waals surface area contributed by atoms with E-state index in [1.165, 1.54) is 12.7 Å². The molecule has 7 heteroatoms. The van der Waals surface area contributed by atoms with Gasteiger partial charge in [-0.2, -0.15) is 0 Å². The molecule has 0 aliphatic carbocycles. The Kier molecular flexibility index (Phi) is 3.49. The molecule has 0 radical (unpaired) electrons. The highest BCUT2D eigenvalue weighted by molar-refractivity contribution is 7.77. The predicted molar refractivity (Wildman–Crippen MR) is 62.8 cm³/mol. The Morgan fingerprint density at radius 3 is 2.82 bits per heavy atom. The van der Waals surface area contributed by atoms with E-state index in [-0.39, 0.29) is 0 Å². The molecule has 0 amide bonds. The van der Waals surface area contributed by atoms with Crippen molar-refractivity contribution in [2.24, 2.45) is 5.92 Å². The van der Waals surface area contributed by atoms with Crippen LogP contribution in [0.3, 0.4) is 0 Å². The van der Waals surface area contributed by atoms with Crippen LogP contribution in [0.4, 0.5) is 0 Å². The Balaban J connectivity index is 2.41. The minimum Gasteiger partial charge on any atom is -0.755 e. The summed E-state index contributed by atoms with van der Waals surface area (Å²) in [5.74, 6) is 0.566. The molecule has 92 valence electrons. The number of nitrogens with zero attached hydrogens (tertiary/aromatic N) is 4. The second kappa shape index (κ2) is 4.89. The number of fused-ring (bicyclic) bond motifs is 1. The molecule has 2 rings (SSSR count). The molecular weight excluding hydrogens is 240 g/mol. The first-order valence-corrected chi connectivity index (χ1v) is 6.39. The van der Waals surface area contributed by atoms with Crippen molar-refractivity contribution >= 4 is 22.4 Å². The Morgan fingerprint density at radius 1 is 1.41 bits per heavy atom. The lowest BCUT2D eigenvalue weighted by Gasteiger charge is -2.06. The molecule has 1 unspecified atom stereocenters. The first-order valence-electron chi connectivity index (χ1n) is 5.36. The molecule has 0 aliphatic rings. The third kappa shape index (κ3) is 2.50. The van der Waals surface area contributed by atoms with Gasteiger partial charge in [0.15, 0.2) is 5.65 Å². The van der Waals surface area contributed by atoms with Crippen molar-refractivity contribution in [3.05, 3.63) is 18.3 Å². The van der Waals surface area contributed by atoms with Crippen molar-refractivity contribution in [1.82, 2.24) is 18.9 Å². The molecule has 0 N–H and O–H groups in total. The van der Waals surface area contributed by atoms with Crippen molar-refractivity contribution in [2.45, 2.75) is 26.7 Å². The van der Waals surface area contributed by atoms with Crippen LogP contribution in [0.5, 0.6) is 0 Å². The molecule has 2 heterocycles. The molecule has 1 atom stereocenters. The van der Waals surface area contributed by atoms with Gasteiger partial charge < -0.3 is 4.55 Å². The van der Waals surface area contributed by atoms with Gasteiger partial charge in [0.2, 0.25) is 0 Å². The lowest BCUT2D eigenvalue weighted by atomic mass is 10.1. The summed E-state index contributed by atoms with van der Waals surface area (Å²) in [5.41, 5.74) is 1.71. The zero-order valence-electron chi connectivity index (χ0n) is 9.66. The predicted octanol–water partition coefficient (Wildman–Crippen LogP) is 1.06. The van der Waals surface area contributed by atoms with Crippen LogP contribution in [0.25, 0.3) is 11.2 Å². The molecule has 0 bridgehead atoms. The lowest BCUT2D eigenvalue weighted by Crippen LogP contribution is -2.03. The quantitative estimate of drug-likeness (QED) is 0.761. The van der Waals surface area contributed by atoms with Gasteiger partial charge in [0.05, 0.1) is 17.0 Å². The van der Waals surface area contributed by atoms with Crippen LogP contribution in [0.2, 0.25) is 0 Å². The maximum absolute atomic E-state index is 10.9. The van der Waals surface area contributed by atoms with Gasteiger partial charge in [-0.25, -0.2) is 18.9 Å². The van der Waals surface area contributed by atoms with Gasteiger partial charge in [0.25, 0.3) is 0 Å². The highest BCUT2D eigenvalue weighted by Crippen LogP contribution is 2.16. The number of aryl methyl sites for hydroxylation is 1. The zero-order valence-corrected chi connectivity index (χ0v) is 10.5. The van der Waals surface area contributed by atoms with E-state index < -0.39 is 11.3 Å². The molecule has 0 aromatic carbocycles. The fraction of sp³-hybridized carbons (Fsp3) is 0.500. The number of rotatable bonds is 4. The second-order valence-electron chi connectivity index (χ2n) is 4.21. The van der Waals surface area contributed by atoms with Gasteiger partial charge in [-0.05, 0) is 18.8 Å². The van der Waals surface area contributed by atoms with Crippen LogP contribution in [-0.4, -0.2) is 27.7 Å². The van der Waals surface area contributed by atoms with E-state index >= 15 is 0 Å². The van der Waals surface area contributed by atoms with Crippen LogP contribution in [0.15, 0.2) is 12.7 Å². The summed E-state index contributed by atoms with van der Waals surface area (Å²) in [4.78, 5) is 12.2.